The summed E-state index contributed by atoms with van der Waals surface area (Å²) in [4.78, 5) is 31.5. The molecule has 2 aromatic carbocycles. The topological polar surface area (TPSA) is 59.1 Å². The number of rotatable bonds is 10. The molecule has 1 unspecified atom stereocenters. The Balaban J connectivity index is 1.49. The van der Waals surface area contributed by atoms with Gasteiger partial charge >= 0.3 is 0 Å². The number of methoxy groups -OCH3 is 1. The van der Waals surface area contributed by atoms with Gasteiger partial charge in [0, 0.05) is 31.7 Å². The standard InChI is InChI=1S/C27H30N2O4S/c1-32-17-8-15-28(26(31)20-33-22-11-6-3-7-12-22)19-25(30)29-16-13-24-23(14-18-34-24)27(29)21-9-4-2-5-10-21/h2-7,9-12,14,18,27H,8,13,15-17,19-20H2,1H3. The Bertz CT molecular complexity index is 1070. The third-order valence-corrected chi connectivity index (χ3v) is 6.96. The molecule has 0 saturated carbocycles. The van der Waals surface area contributed by atoms with Gasteiger partial charge in [0.2, 0.25) is 5.91 Å². The Hall–Kier alpha value is -3.16. The van der Waals surface area contributed by atoms with Crippen LogP contribution in [-0.4, -0.2) is 61.6 Å². The van der Waals surface area contributed by atoms with Gasteiger partial charge in [0.1, 0.15) is 5.75 Å². The Morgan fingerprint density at radius 1 is 1.06 bits per heavy atom. The fourth-order valence-corrected chi connectivity index (χ4v) is 5.18. The molecule has 1 aromatic heterocycles. The van der Waals surface area contributed by atoms with Crippen molar-refractivity contribution in [2.24, 2.45) is 0 Å². The number of nitrogens with zero attached hydrogens (tertiary/aromatic N) is 2. The number of benzene rings is 2. The van der Waals surface area contributed by atoms with E-state index in [2.05, 4.69) is 23.6 Å². The van der Waals surface area contributed by atoms with Crippen LogP contribution in [0.5, 0.6) is 5.75 Å². The second kappa shape index (κ2) is 11.8. The zero-order chi connectivity index (χ0) is 23.8. The zero-order valence-electron chi connectivity index (χ0n) is 19.4. The Kier molecular flexibility index (Phi) is 8.33. The lowest BCUT2D eigenvalue weighted by atomic mass is 9.93. The minimum atomic E-state index is -0.210. The van der Waals surface area contributed by atoms with E-state index in [9.17, 15) is 9.59 Å². The molecular weight excluding hydrogens is 448 g/mol. The van der Waals surface area contributed by atoms with Gasteiger partial charge in [-0.2, -0.15) is 0 Å². The Morgan fingerprint density at radius 2 is 1.79 bits per heavy atom. The molecule has 1 aliphatic rings. The van der Waals surface area contributed by atoms with Crippen LogP contribution in [0.4, 0.5) is 0 Å². The molecule has 6 nitrogen and oxygen atoms in total. The van der Waals surface area contributed by atoms with E-state index in [1.807, 2.05) is 53.4 Å². The third kappa shape index (κ3) is 5.85. The molecule has 2 heterocycles. The molecule has 0 saturated heterocycles. The smallest absolute Gasteiger partial charge is 0.260 e. The van der Waals surface area contributed by atoms with E-state index in [4.69, 9.17) is 9.47 Å². The normalized spacial score (nSPS) is 15.0. The molecule has 0 aliphatic carbocycles. The van der Waals surface area contributed by atoms with E-state index in [0.717, 1.165) is 12.0 Å². The van der Waals surface area contributed by atoms with Crippen molar-refractivity contribution in [3.8, 4) is 5.75 Å². The van der Waals surface area contributed by atoms with Gasteiger partial charge < -0.3 is 19.3 Å². The first-order chi connectivity index (χ1) is 16.7. The molecule has 7 heteroatoms. The Morgan fingerprint density at radius 3 is 2.53 bits per heavy atom. The summed E-state index contributed by atoms with van der Waals surface area (Å²) in [7, 11) is 1.63. The van der Waals surface area contributed by atoms with Crippen LogP contribution in [0.2, 0.25) is 0 Å². The molecule has 0 fully saturated rings. The first-order valence-corrected chi connectivity index (χ1v) is 12.4. The molecule has 1 aliphatic heterocycles. The fourth-order valence-electron chi connectivity index (χ4n) is 4.28. The maximum atomic E-state index is 13.6. The van der Waals surface area contributed by atoms with Crippen molar-refractivity contribution in [3.63, 3.8) is 0 Å². The van der Waals surface area contributed by atoms with Gasteiger partial charge in [0.15, 0.2) is 6.61 Å². The molecule has 2 amide bonds. The van der Waals surface area contributed by atoms with Crippen molar-refractivity contribution in [2.75, 3.05) is 40.0 Å². The maximum Gasteiger partial charge on any atom is 0.260 e. The van der Waals surface area contributed by atoms with Gasteiger partial charge in [-0.25, -0.2) is 0 Å². The zero-order valence-corrected chi connectivity index (χ0v) is 20.2. The quantitative estimate of drug-likeness (QED) is 0.411. The average Bonchev–Trinajstić information content (AvgIpc) is 3.36. The van der Waals surface area contributed by atoms with E-state index in [1.165, 1.54) is 10.4 Å². The van der Waals surface area contributed by atoms with E-state index < -0.39 is 0 Å². The summed E-state index contributed by atoms with van der Waals surface area (Å²) in [5.41, 5.74) is 2.26. The van der Waals surface area contributed by atoms with Crippen molar-refractivity contribution in [1.29, 1.82) is 0 Å². The van der Waals surface area contributed by atoms with Crippen LogP contribution in [0.1, 0.15) is 28.5 Å². The third-order valence-electron chi connectivity index (χ3n) is 5.96. The molecular formula is C27H30N2O4S. The summed E-state index contributed by atoms with van der Waals surface area (Å²) in [5.74, 6) is 0.359. The van der Waals surface area contributed by atoms with E-state index in [0.29, 0.717) is 31.9 Å². The number of fused-ring (bicyclic) bond motifs is 1. The summed E-state index contributed by atoms with van der Waals surface area (Å²) < 4.78 is 10.8. The number of ether oxygens (including phenoxy) is 2. The summed E-state index contributed by atoms with van der Waals surface area (Å²) in [6.45, 7) is 1.49. The van der Waals surface area contributed by atoms with Crippen LogP contribution in [0.3, 0.4) is 0 Å². The molecule has 3 aromatic rings. The number of amides is 2. The molecule has 34 heavy (non-hydrogen) atoms. The maximum absolute atomic E-state index is 13.6. The minimum absolute atomic E-state index is 0.0174. The monoisotopic (exact) mass is 478 g/mol. The summed E-state index contributed by atoms with van der Waals surface area (Å²) in [5, 5.41) is 2.09. The van der Waals surface area contributed by atoms with Crippen molar-refractivity contribution >= 4 is 23.2 Å². The van der Waals surface area contributed by atoms with E-state index in [-0.39, 0.29) is 31.0 Å². The molecule has 4 rings (SSSR count). The fraction of sp³-hybridized carbons (Fsp3) is 0.333. The first-order valence-electron chi connectivity index (χ1n) is 11.5. The van der Waals surface area contributed by atoms with Crippen molar-refractivity contribution in [3.05, 3.63) is 88.1 Å². The first kappa shape index (κ1) is 24.0. The number of carbonyl (C=O) groups excluding carboxylic acids is 2. The highest BCUT2D eigenvalue weighted by Crippen LogP contribution is 2.37. The number of para-hydroxylation sites is 1. The van der Waals surface area contributed by atoms with Gasteiger partial charge in [0.25, 0.3) is 5.91 Å². The van der Waals surface area contributed by atoms with Crippen LogP contribution >= 0.6 is 11.3 Å². The SMILES string of the molecule is COCCCN(CC(=O)N1CCc2sccc2C1c1ccccc1)C(=O)COc1ccccc1. The molecule has 0 bridgehead atoms. The highest BCUT2D eigenvalue weighted by Gasteiger charge is 2.33. The van der Waals surface area contributed by atoms with E-state index >= 15 is 0 Å². The van der Waals surface area contributed by atoms with Crippen LogP contribution in [-0.2, 0) is 20.7 Å². The van der Waals surface area contributed by atoms with Gasteiger partial charge in [-0.3, -0.25) is 9.59 Å². The number of hydrogen-bond acceptors (Lipinski definition) is 5. The number of carbonyl (C=O) groups is 2. The van der Waals surface area contributed by atoms with Gasteiger partial charge in [-0.05, 0) is 47.5 Å². The molecule has 1 atom stereocenters. The highest BCUT2D eigenvalue weighted by atomic mass is 32.1. The molecule has 0 N–H and O–H groups in total. The van der Waals surface area contributed by atoms with Crippen LogP contribution in [0.25, 0.3) is 0 Å². The second-order valence-corrected chi connectivity index (χ2v) is 9.21. The summed E-state index contributed by atoms with van der Waals surface area (Å²) in [6.07, 6.45) is 1.48. The van der Waals surface area contributed by atoms with E-state index in [1.54, 1.807) is 23.3 Å². The highest BCUT2D eigenvalue weighted by molar-refractivity contribution is 7.10. The van der Waals surface area contributed by atoms with Crippen molar-refractivity contribution < 1.29 is 19.1 Å². The second-order valence-electron chi connectivity index (χ2n) is 8.21. The van der Waals surface area contributed by atoms with Crippen LogP contribution in [0, 0.1) is 0 Å². The Labute approximate surface area is 204 Å². The lowest BCUT2D eigenvalue weighted by Crippen LogP contribution is -2.48. The summed E-state index contributed by atoms with van der Waals surface area (Å²) >= 11 is 1.74. The minimum Gasteiger partial charge on any atom is -0.484 e. The molecule has 178 valence electrons. The van der Waals surface area contributed by atoms with Gasteiger partial charge in [0.05, 0.1) is 12.6 Å². The largest absolute Gasteiger partial charge is 0.484 e. The summed E-state index contributed by atoms with van der Waals surface area (Å²) in [6, 6.07) is 21.3. The molecule has 0 radical (unpaired) electrons. The lowest BCUT2D eigenvalue weighted by Gasteiger charge is -2.37. The predicted molar refractivity (Wildman–Crippen MR) is 133 cm³/mol. The van der Waals surface area contributed by atoms with Gasteiger partial charge in [-0.15, -0.1) is 11.3 Å². The number of hydrogen-bond donors (Lipinski definition) is 0. The predicted octanol–water partition coefficient (Wildman–Crippen LogP) is 4.17. The van der Waals surface area contributed by atoms with Crippen LogP contribution < -0.4 is 4.74 Å². The van der Waals surface area contributed by atoms with Crippen molar-refractivity contribution in [1.82, 2.24) is 9.80 Å². The average molecular weight is 479 g/mol. The van der Waals surface area contributed by atoms with Crippen molar-refractivity contribution in [2.45, 2.75) is 18.9 Å². The molecule has 0 spiro atoms. The van der Waals surface area contributed by atoms with Crippen LogP contribution in [0.15, 0.2) is 72.1 Å². The lowest BCUT2D eigenvalue weighted by molar-refractivity contribution is -0.143. The number of thiophene rings is 1. The van der Waals surface area contributed by atoms with Gasteiger partial charge in [-0.1, -0.05) is 48.5 Å².